The van der Waals surface area contributed by atoms with E-state index in [4.69, 9.17) is 25.6 Å². The number of nitrogens with zero attached hydrogens (tertiary/aromatic N) is 3. The first kappa shape index (κ1) is 18.6. The topological polar surface area (TPSA) is 99.6 Å². The van der Waals surface area contributed by atoms with Gasteiger partial charge >= 0.3 is 5.97 Å². The normalized spacial score (nSPS) is 11.2. The molecule has 0 amide bonds. The standard InChI is InChI=1S/C16H16ClN3O5S/c1-23-4-5-24-9-15-18-7-11(16(21)22)20(15)8-10-6-12(25-19-10)13-2-3-14(17)26-13/h2-3,6-7H,4-5,8-9H2,1H3,(H,21,22). The highest BCUT2D eigenvalue weighted by Crippen LogP contribution is 2.31. The van der Waals surface area contributed by atoms with Gasteiger partial charge in [0, 0.05) is 13.2 Å². The third-order valence-corrected chi connectivity index (χ3v) is 4.76. The zero-order valence-electron chi connectivity index (χ0n) is 13.8. The zero-order valence-corrected chi connectivity index (χ0v) is 15.4. The molecule has 3 rings (SSSR count). The van der Waals surface area contributed by atoms with E-state index in [2.05, 4.69) is 10.1 Å². The van der Waals surface area contributed by atoms with Crippen LogP contribution in [0.15, 0.2) is 28.9 Å². The number of aromatic nitrogens is 3. The fourth-order valence-corrected chi connectivity index (χ4v) is 3.28. The maximum atomic E-state index is 11.5. The Hall–Kier alpha value is -2.20. The van der Waals surface area contributed by atoms with E-state index in [-0.39, 0.29) is 18.8 Å². The van der Waals surface area contributed by atoms with E-state index >= 15 is 0 Å². The van der Waals surface area contributed by atoms with E-state index in [9.17, 15) is 9.90 Å². The SMILES string of the molecule is COCCOCc1ncc(C(=O)O)n1Cc1cc(-c2ccc(Cl)s2)on1. The number of rotatable bonds is 9. The first-order valence-electron chi connectivity index (χ1n) is 7.64. The number of carboxylic acids is 1. The lowest BCUT2D eigenvalue weighted by molar-refractivity contribution is 0.0568. The molecule has 10 heteroatoms. The number of halogens is 1. The number of carbonyl (C=O) groups is 1. The van der Waals surface area contributed by atoms with Crippen LogP contribution in [0, 0.1) is 0 Å². The second kappa shape index (κ2) is 8.45. The van der Waals surface area contributed by atoms with Crippen molar-refractivity contribution in [3.05, 3.63) is 45.9 Å². The second-order valence-corrected chi connectivity index (χ2v) is 7.00. The van der Waals surface area contributed by atoms with Crippen molar-refractivity contribution < 1.29 is 23.9 Å². The highest BCUT2D eigenvalue weighted by Gasteiger charge is 2.18. The Bertz CT molecular complexity index is 888. The minimum absolute atomic E-state index is 0.0547. The molecule has 1 N–H and O–H groups in total. The molecule has 0 bridgehead atoms. The van der Waals surface area contributed by atoms with Crippen molar-refractivity contribution in [3.8, 4) is 10.6 Å². The van der Waals surface area contributed by atoms with Gasteiger partial charge in [0.2, 0.25) is 0 Å². The van der Waals surface area contributed by atoms with Crippen molar-refractivity contribution in [1.29, 1.82) is 0 Å². The smallest absolute Gasteiger partial charge is 0.354 e. The molecule has 0 atom stereocenters. The van der Waals surface area contributed by atoms with Crippen molar-refractivity contribution in [1.82, 2.24) is 14.7 Å². The van der Waals surface area contributed by atoms with Gasteiger partial charge in [-0.25, -0.2) is 9.78 Å². The summed E-state index contributed by atoms with van der Waals surface area (Å²) in [5.41, 5.74) is 0.627. The Labute approximate surface area is 157 Å². The van der Waals surface area contributed by atoms with E-state index < -0.39 is 5.97 Å². The van der Waals surface area contributed by atoms with Crippen LogP contribution < -0.4 is 0 Å². The minimum atomic E-state index is -1.07. The van der Waals surface area contributed by atoms with Crippen LogP contribution in [0.25, 0.3) is 10.6 Å². The van der Waals surface area contributed by atoms with Gasteiger partial charge in [0.05, 0.1) is 35.2 Å². The Balaban J connectivity index is 1.78. The van der Waals surface area contributed by atoms with Gasteiger partial charge in [0.15, 0.2) is 5.76 Å². The molecular formula is C16H16ClN3O5S. The molecule has 3 heterocycles. The molecule has 0 fully saturated rings. The highest BCUT2D eigenvalue weighted by atomic mass is 35.5. The average molecular weight is 398 g/mol. The largest absolute Gasteiger partial charge is 0.477 e. The van der Waals surface area contributed by atoms with E-state index in [0.717, 1.165) is 4.88 Å². The molecule has 0 aliphatic rings. The summed E-state index contributed by atoms with van der Waals surface area (Å²) < 4.78 is 17.9. The molecule has 0 radical (unpaired) electrons. The molecular weight excluding hydrogens is 382 g/mol. The molecule has 0 aromatic carbocycles. The van der Waals surface area contributed by atoms with Gasteiger partial charge < -0.3 is 23.7 Å². The quantitative estimate of drug-likeness (QED) is 0.553. The van der Waals surface area contributed by atoms with Gasteiger partial charge in [0.25, 0.3) is 0 Å². The number of ether oxygens (including phenoxy) is 2. The second-order valence-electron chi connectivity index (χ2n) is 5.28. The van der Waals surface area contributed by atoms with Crippen molar-refractivity contribution >= 4 is 28.9 Å². The maximum absolute atomic E-state index is 11.5. The number of aromatic carboxylic acids is 1. The molecule has 3 aromatic rings. The molecule has 138 valence electrons. The third-order valence-electron chi connectivity index (χ3n) is 3.52. The fraction of sp³-hybridized carbons (Fsp3) is 0.312. The van der Waals surface area contributed by atoms with Gasteiger partial charge in [-0.2, -0.15) is 0 Å². The van der Waals surface area contributed by atoms with Gasteiger partial charge in [-0.3, -0.25) is 0 Å². The Morgan fingerprint density at radius 3 is 2.96 bits per heavy atom. The van der Waals surface area contributed by atoms with Crippen LogP contribution in [0.4, 0.5) is 0 Å². The van der Waals surface area contributed by atoms with Crippen molar-refractivity contribution in [2.45, 2.75) is 13.2 Å². The van der Waals surface area contributed by atoms with Crippen LogP contribution >= 0.6 is 22.9 Å². The van der Waals surface area contributed by atoms with E-state index in [1.165, 1.54) is 22.1 Å². The van der Waals surface area contributed by atoms with Crippen LogP contribution in [-0.2, 0) is 22.6 Å². The van der Waals surface area contributed by atoms with Gasteiger partial charge in [-0.1, -0.05) is 16.8 Å². The fourth-order valence-electron chi connectivity index (χ4n) is 2.29. The first-order chi connectivity index (χ1) is 12.6. The zero-order chi connectivity index (χ0) is 18.5. The van der Waals surface area contributed by atoms with Crippen molar-refractivity contribution in [3.63, 3.8) is 0 Å². The Morgan fingerprint density at radius 1 is 1.42 bits per heavy atom. The van der Waals surface area contributed by atoms with Crippen molar-refractivity contribution in [2.75, 3.05) is 20.3 Å². The van der Waals surface area contributed by atoms with E-state index in [1.807, 2.05) is 6.07 Å². The van der Waals surface area contributed by atoms with Gasteiger partial charge in [-0.05, 0) is 12.1 Å². The monoisotopic (exact) mass is 397 g/mol. The van der Waals surface area contributed by atoms with Crippen molar-refractivity contribution in [2.24, 2.45) is 0 Å². The highest BCUT2D eigenvalue weighted by molar-refractivity contribution is 7.19. The molecule has 0 spiro atoms. The lowest BCUT2D eigenvalue weighted by Gasteiger charge is -2.08. The first-order valence-corrected chi connectivity index (χ1v) is 8.83. The summed E-state index contributed by atoms with van der Waals surface area (Å²) in [6, 6.07) is 5.37. The number of hydrogen-bond donors (Lipinski definition) is 1. The molecule has 26 heavy (non-hydrogen) atoms. The summed E-state index contributed by atoms with van der Waals surface area (Å²) in [5.74, 6) is -0.0107. The Kier molecular flexibility index (Phi) is 6.04. The summed E-state index contributed by atoms with van der Waals surface area (Å²) in [6.07, 6.45) is 1.30. The summed E-state index contributed by atoms with van der Waals surface area (Å²) in [5, 5.41) is 13.4. The maximum Gasteiger partial charge on any atom is 0.354 e. The van der Waals surface area contributed by atoms with Crippen LogP contribution in [-0.4, -0.2) is 46.1 Å². The number of thiophene rings is 1. The predicted molar refractivity (Wildman–Crippen MR) is 94.6 cm³/mol. The summed E-state index contributed by atoms with van der Waals surface area (Å²) >= 11 is 7.31. The van der Waals surface area contributed by atoms with Gasteiger partial charge in [0.1, 0.15) is 23.8 Å². The molecule has 3 aromatic heterocycles. The summed E-state index contributed by atoms with van der Waals surface area (Å²) in [4.78, 5) is 16.4. The molecule has 0 aliphatic carbocycles. The number of imidazole rings is 1. The van der Waals surface area contributed by atoms with Crippen LogP contribution in [0.5, 0.6) is 0 Å². The molecule has 0 saturated carbocycles. The lowest BCUT2D eigenvalue weighted by Crippen LogP contribution is -2.14. The van der Waals surface area contributed by atoms with Crippen LogP contribution in [0.1, 0.15) is 22.0 Å². The number of hydrogen-bond acceptors (Lipinski definition) is 7. The summed E-state index contributed by atoms with van der Waals surface area (Å²) in [7, 11) is 1.58. The number of carboxylic acid groups (broad SMARTS) is 1. The lowest BCUT2D eigenvalue weighted by atomic mass is 10.3. The molecule has 8 nitrogen and oxygen atoms in total. The minimum Gasteiger partial charge on any atom is -0.477 e. The molecule has 0 saturated heterocycles. The Morgan fingerprint density at radius 2 is 2.27 bits per heavy atom. The third kappa shape index (κ3) is 4.31. The van der Waals surface area contributed by atoms with Crippen LogP contribution in [0.2, 0.25) is 4.34 Å². The van der Waals surface area contributed by atoms with E-state index in [0.29, 0.717) is 34.8 Å². The van der Waals surface area contributed by atoms with E-state index in [1.54, 1.807) is 19.2 Å². The summed E-state index contributed by atoms with van der Waals surface area (Å²) in [6.45, 7) is 1.20. The van der Waals surface area contributed by atoms with Crippen LogP contribution in [0.3, 0.4) is 0 Å². The average Bonchev–Trinajstić information content (AvgIpc) is 3.32. The predicted octanol–water partition coefficient (Wildman–Crippen LogP) is 3.16. The molecule has 0 aliphatic heterocycles. The number of methoxy groups -OCH3 is 1. The van der Waals surface area contributed by atoms with Gasteiger partial charge in [-0.15, -0.1) is 11.3 Å². The molecule has 0 unspecified atom stereocenters.